The molecule has 0 radical (unpaired) electrons. The predicted molar refractivity (Wildman–Crippen MR) is 99.3 cm³/mol. The molecule has 0 aliphatic carbocycles. The Hall–Kier alpha value is -1.23. The lowest BCUT2D eigenvalue weighted by Crippen LogP contribution is -2.37. The van der Waals surface area contributed by atoms with Gasteiger partial charge in [0, 0.05) is 27.9 Å². The third-order valence-electron chi connectivity index (χ3n) is 4.13. The maximum atomic E-state index is 12.1. The molecule has 1 amide bonds. The van der Waals surface area contributed by atoms with Gasteiger partial charge in [-0.2, -0.15) is 0 Å². The number of carbonyl (C=O) groups is 1. The standard InChI is InChI=1S/C18H19Cl2NO2S/c19-13-9-14(20)11-16(10-13)23-12-15-5-6-18(22)21(15)7-1-3-17-4-2-8-24-17/h2,4,8-11,15H,1,3,5-7,12H2/t15-/m1/s1. The Labute approximate surface area is 156 Å². The van der Waals surface area contributed by atoms with E-state index < -0.39 is 0 Å². The summed E-state index contributed by atoms with van der Waals surface area (Å²) in [6, 6.07) is 9.48. The molecule has 0 spiro atoms. The first-order valence-electron chi connectivity index (χ1n) is 8.02. The number of aryl methyl sites for hydroxylation is 1. The Kier molecular flexibility index (Phi) is 6.04. The second-order valence-corrected chi connectivity index (χ2v) is 7.78. The monoisotopic (exact) mass is 383 g/mol. The van der Waals surface area contributed by atoms with Crippen LogP contribution in [-0.4, -0.2) is 30.0 Å². The van der Waals surface area contributed by atoms with Gasteiger partial charge >= 0.3 is 0 Å². The van der Waals surface area contributed by atoms with E-state index >= 15 is 0 Å². The second kappa shape index (κ2) is 8.24. The summed E-state index contributed by atoms with van der Waals surface area (Å²) in [4.78, 5) is 15.4. The predicted octanol–water partition coefficient (Wildman–Crippen LogP) is 5.06. The van der Waals surface area contributed by atoms with E-state index in [1.165, 1.54) is 4.88 Å². The SMILES string of the molecule is O=C1CC[C@H](COc2cc(Cl)cc(Cl)c2)N1CCCc1cccs1. The topological polar surface area (TPSA) is 29.5 Å². The molecular weight excluding hydrogens is 365 g/mol. The summed E-state index contributed by atoms with van der Waals surface area (Å²) in [6.45, 7) is 1.25. The minimum Gasteiger partial charge on any atom is -0.491 e. The normalized spacial score (nSPS) is 17.5. The van der Waals surface area contributed by atoms with Crippen LogP contribution in [0.1, 0.15) is 24.1 Å². The lowest BCUT2D eigenvalue weighted by Gasteiger charge is -2.25. The fourth-order valence-corrected chi connectivity index (χ4v) is 4.21. The Bertz CT molecular complexity index is 670. The number of ether oxygens (including phenoxy) is 1. The number of rotatable bonds is 7. The minimum absolute atomic E-state index is 0.124. The zero-order valence-electron chi connectivity index (χ0n) is 13.2. The van der Waals surface area contributed by atoms with Crippen LogP contribution in [0.25, 0.3) is 0 Å². The quantitative estimate of drug-likeness (QED) is 0.668. The molecule has 24 heavy (non-hydrogen) atoms. The van der Waals surface area contributed by atoms with E-state index in [1.54, 1.807) is 29.5 Å². The first-order valence-corrected chi connectivity index (χ1v) is 9.66. The van der Waals surface area contributed by atoms with Crippen LogP contribution >= 0.6 is 34.5 Å². The first kappa shape index (κ1) is 17.6. The molecule has 0 saturated carbocycles. The molecule has 6 heteroatoms. The van der Waals surface area contributed by atoms with Gasteiger partial charge in [-0.25, -0.2) is 0 Å². The molecule has 0 N–H and O–H groups in total. The van der Waals surface area contributed by atoms with E-state index in [0.717, 1.165) is 25.8 Å². The van der Waals surface area contributed by atoms with Crippen molar-refractivity contribution in [1.82, 2.24) is 4.90 Å². The molecule has 1 aliphatic rings. The number of halogens is 2. The summed E-state index contributed by atoms with van der Waals surface area (Å²) >= 11 is 13.7. The van der Waals surface area contributed by atoms with Crippen molar-refractivity contribution in [1.29, 1.82) is 0 Å². The van der Waals surface area contributed by atoms with Crippen LogP contribution in [0.2, 0.25) is 10.0 Å². The molecule has 1 atom stereocenters. The van der Waals surface area contributed by atoms with Crippen molar-refractivity contribution in [2.24, 2.45) is 0 Å². The molecule has 1 aliphatic heterocycles. The Balaban J connectivity index is 1.52. The molecule has 1 fully saturated rings. The molecule has 3 nitrogen and oxygen atoms in total. The number of nitrogens with zero attached hydrogens (tertiary/aromatic N) is 1. The molecule has 2 heterocycles. The molecule has 1 saturated heterocycles. The Morgan fingerprint density at radius 1 is 1.25 bits per heavy atom. The zero-order valence-corrected chi connectivity index (χ0v) is 15.5. The second-order valence-electron chi connectivity index (χ2n) is 5.88. The van der Waals surface area contributed by atoms with E-state index in [0.29, 0.717) is 28.8 Å². The maximum Gasteiger partial charge on any atom is 0.223 e. The van der Waals surface area contributed by atoms with Crippen molar-refractivity contribution >= 4 is 40.4 Å². The summed E-state index contributed by atoms with van der Waals surface area (Å²) in [6.07, 6.45) is 3.43. The molecule has 128 valence electrons. The number of likely N-dealkylation sites (tertiary alicyclic amines) is 1. The van der Waals surface area contributed by atoms with E-state index in [4.69, 9.17) is 27.9 Å². The molecule has 1 aromatic carbocycles. The summed E-state index contributed by atoms with van der Waals surface area (Å²) in [5, 5.41) is 3.18. The average molecular weight is 384 g/mol. The lowest BCUT2D eigenvalue weighted by molar-refractivity contribution is -0.129. The van der Waals surface area contributed by atoms with Crippen molar-refractivity contribution in [2.45, 2.75) is 31.7 Å². The van der Waals surface area contributed by atoms with E-state index in [2.05, 4.69) is 17.5 Å². The van der Waals surface area contributed by atoms with E-state index in [-0.39, 0.29) is 11.9 Å². The summed E-state index contributed by atoms with van der Waals surface area (Å²) in [5.74, 6) is 0.865. The highest BCUT2D eigenvalue weighted by Crippen LogP contribution is 2.26. The number of thiophene rings is 1. The molecule has 1 aromatic heterocycles. The molecule has 3 rings (SSSR count). The lowest BCUT2D eigenvalue weighted by atomic mass is 10.2. The van der Waals surface area contributed by atoms with Crippen LogP contribution in [0.5, 0.6) is 5.75 Å². The van der Waals surface area contributed by atoms with Crippen LogP contribution < -0.4 is 4.74 Å². The van der Waals surface area contributed by atoms with Crippen LogP contribution in [0, 0.1) is 0 Å². The fourth-order valence-electron chi connectivity index (χ4n) is 2.96. The number of benzene rings is 1. The van der Waals surface area contributed by atoms with Gasteiger partial charge in [0.2, 0.25) is 5.91 Å². The van der Waals surface area contributed by atoms with Gasteiger partial charge in [0.05, 0.1) is 6.04 Å². The number of amides is 1. The van der Waals surface area contributed by atoms with Gasteiger partial charge in [-0.15, -0.1) is 11.3 Å². The van der Waals surface area contributed by atoms with Crippen molar-refractivity contribution in [3.8, 4) is 5.75 Å². The number of hydrogen-bond donors (Lipinski definition) is 0. The summed E-state index contributed by atoms with van der Waals surface area (Å²) in [7, 11) is 0. The Morgan fingerprint density at radius 2 is 2.04 bits per heavy atom. The summed E-state index contributed by atoms with van der Waals surface area (Å²) in [5.41, 5.74) is 0. The van der Waals surface area contributed by atoms with Crippen molar-refractivity contribution in [3.05, 3.63) is 50.6 Å². The van der Waals surface area contributed by atoms with Gasteiger partial charge in [0.25, 0.3) is 0 Å². The van der Waals surface area contributed by atoms with Crippen LogP contribution in [0.3, 0.4) is 0 Å². The van der Waals surface area contributed by atoms with Crippen LogP contribution in [0.4, 0.5) is 0 Å². The third-order valence-corrected chi connectivity index (χ3v) is 5.51. The summed E-state index contributed by atoms with van der Waals surface area (Å²) < 4.78 is 5.82. The zero-order chi connectivity index (χ0) is 16.9. The van der Waals surface area contributed by atoms with Crippen LogP contribution in [0.15, 0.2) is 35.7 Å². The highest BCUT2D eigenvalue weighted by atomic mass is 35.5. The van der Waals surface area contributed by atoms with Gasteiger partial charge in [-0.3, -0.25) is 4.79 Å². The van der Waals surface area contributed by atoms with E-state index in [1.807, 2.05) is 4.90 Å². The largest absolute Gasteiger partial charge is 0.491 e. The average Bonchev–Trinajstić information content (AvgIpc) is 3.16. The molecular formula is C18H19Cl2NO2S. The molecule has 0 bridgehead atoms. The molecule has 2 aromatic rings. The molecule has 0 unspecified atom stereocenters. The Morgan fingerprint density at radius 3 is 2.75 bits per heavy atom. The van der Waals surface area contributed by atoms with Crippen LogP contribution in [-0.2, 0) is 11.2 Å². The first-order chi connectivity index (χ1) is 11.6. The van der Waals surface area contributed by atoms with Crippen molar-refractivity contribution in [2.75, 3.05) is 13.2 Å². The van der Waals surface area contributed by atoms with Crippen molar-refractivity contribution < 1.29 is 9.53 Å². The van der Waals surface area contributed by atoms with Crippen molar-refractivity contribution in [3.63, 3.8) is 0 Å². The minimum atomic E-state index is 0.124. The van der Waals surface area contributed by atoms with Gasteiger partial charge in [-0.1, -0.05) is 29.3 Å². The highest BCUT2D eigenvalue weighted by Gasteiger charge is 2.30. The highest BCUT2D eigenvalue weighted by molar-refractivity contribution is 7.09. The number of carbonyl (C=O) groups excluding carboxylic acids is 1. The maximum absolute atomic E-state index is 12.1. The van der Waals surface area contributed by atoms with E-state index in [9.17, 15) is 4.79 Å². The smallest absolute Gasteiger partial charge is 0.223 e. The number of hydrogen-bond acceptors (Lipinski definition) is 3. The van der Waals surface area contributed by atoms with Gasteiger partial charge in [0.1, 0.15) is 12.4 Å². The fraction of sp³-hybridized carbons (Fsp3) is 0.389. The van der Waals surface area contributed by atoms with Gasteiger partial charge < -0.3 is 9.64 Å². The van der Waals surface area contributed by atoms with Gasteiger partial charge in [-0.05, 0) is 48.9 Å². The third kappa shape index (κ3) is 4.65. The van der Waals surface area contributed by atoms with Gasteiger partial charge in [0.15, 0.2) is 0 Å².